The largest absolute Gasteiger partial charge is 0.383 e. The molecule has 23 heavy (non-hydrogen) atoms. The number of carbonyl (C=O) groups is 2. The van der Waals surface area contributed by atoms with Crippen molar-refractivity contribution in [3.05, 3.63) is 0 Å². The highest BCUT2D eigenvalue weighted by Gasteiger charge is 2.42. The fourth-order valence-corrected chi connectivity index (χ4v) is 4.45. The first-order chi connectivity index (χ1) is 11.1. The number of carbonyl (C=O) groups excluding carboxylic acids is 2. The van der Waals surface area contributed by atoms with Crippen LogP contribution in [-0.4, -0.2) is 73.0 Å². The SMILES string of the molecule is CCCSCC(=O)N1CCC[C@]2(CCC(=O)N(CCOC)C2)C1. The number of likely N-dealkylation sites (tertiary alicyclic amines) is 2. The van der Waals surface area contributed by atoms with Crippen molar-refractivity contribution in [2.24, 2.45) is 5.41 Å². The molecule has 6 heteroatoms. The van der Waals surface area contributed by atoms with Gasteiger partial charge in [-0.3, -0.25) is 9.59 Å². The molecule has 0 aromatic rings. The zero-order valence-electron chi connectivity index (χ0n) is 14.5. The summed E-state index contributed by atoms with van der Waals surface area (Å²) in [6, 6.07) is 0. The van der Waals surface area contributed by atoms with Gasteiger partial charge in [-0.1, -0.05) is 6.92 Å². The minimum absolute atomic E-state index is 0.102. The Morgan fingerprint density at radius 1 is 1.35 bits per heavy atom. The van der Waals surface area contributed by atoms with Gasteiger partial charge in [-0.25, -0.2) is 0 Å². The number of rotatable bonds is 7. The van der Waals surface area contributed by atoms with Crippen LogP contribution in [0.3, 0.4) is 0 Å². The second kappa shape index (κ2) is 8.92. The molecule has 2 saturated heterocycles. The summed E-state index contributed by atoms with van der Waals surface area (Å²) < 4.78 is 5.12. The molecule has 0 aromatic heterocycles. The molecule has 1 atom stereocenters. The third-order valence-corrected chi connectivity index (χ3v) is 6.05. The molecule has 1 spiro atoms. The molecule has 0 bridgehead atoms. The van der Waals surface area contributed by atoms with Gasteiger partial charge < -0.3 is 14.5 Å². The standard InChI is InChI=1S/C17H30N2O3S/c1-3-11-23-12-16(21)18-8-4-6-17(13-18)7-5-15(20)19(14-17)9-10-22-2/h3-14H2,1-2H3/t17-/m0/s1. The van der Waals surface area contributed by atoms with Gasteiger partial charge in [0, 0.05) is 45.1 Å². The minimum atomic E-state index is 0.102. The van der Waals surface area contributed by atoms with Gasteiger partial charge in [-0.15, -0.1) is 0 Å². The average molecular weight is 343 g/mol. The van der Waals surface area contributed by atoms with E-state index < -0.39 is 0 Å². The van der Waals surface area contributed by atoms with Crippen LogP contribution in [0.5, 0.6) is 0 Å². The molecule has 2 amide bonds. The van der Waals surface area contributed by atoms with Crippen molar-refractivity contribution < 1.29 is 14.3 Å². The maximum Gasteiger partial charge on any atom is 0.232 e. The first kappa shape index (κ1) is 18.6. The maximum absolute atomic E-state index is 12.4. The summed E-state index contributed by atoms with van der Waals surface area (Å²) in [5.74, 6) is 2.14. The fourth-order valence-electron chi connectivity index (χ4n) is 3.66. The van der Waals surface area contributed by atoms with E-state index in [4.69, 9.17) is 4.74 Å². The van der Waals surface area contributed by atoms with Crippen LogP contribution in [0.15, 0.2) is 0 Å². The number of thioether (sulfide) groups is 1. The average Bonchev–Trinajstić information content (AvgIpc) is 2.56. The highest BCUT2D eigenvalue weighted by Crippen LogP contribution is 2.38. The van der Waals surface area contributed by atoms with Gasteiger partial charge in [0.25, 0.3) is 0 Å². The van der Waals surface area contributed by atoms with E-state index in [9.17, 15) is 9.59 Å². The third-order valence-electron chi connectivity index (χ3n) is 4.90. The Labute approximate surface area is 144 Å². The van der Waals surface area contributed by atoms with E-state index in [2.05, 4.69) is 6.92 Å². The normalized spacial score (nSPS) is 25.2. The van der Waals surface area contributed by atoms with Crippen LogP contribution in [0.2, 0.25) is 0 Å². The van der Waals surface area contributed by atoms with Crippen molar-refractivity contribution in [3.8, 4) is 0 Å². The summed E-state index contributed by atoms with van der Waals surface area (Å²) in [5.41, 5.74) is 0.102. The Morgan fingerprint density at radius 2 is 2.17 bits per heavy atom. The van der Waals surface area contributed by atoms with Crippen molar-refractivity contribution >= 4 is 23.6 Å². The predicted molar refractivity (Wildman–Crippen MR) is 93.6 cm³/mol. The topological polar surface area (TPSA) is 49.9 Å². The van der Waals surface area contributed by atoms with E-state index in [1.165, 1.54) is 0 Å². The zero-order valence-corrected chi connectivity index (χ0v) is 15.3. The van der Waals surface area contributed by atoms with Crippen molar-refractivity contribution in [2.75, 3.05) is 51.4 Å². The van der Waals surface area contributed by atoms with Crippen molar-refractivity contribution in [1.29, 1.82) is 0 Å². The van der Waals surface area contributed by atoms with E-state index in [1.54, 1.807) is 18.9 Å². The van der Waals surface area contributed by atoms with E-state index in [1.807, 2.05) is 9.80 Å². The molecule has 0 aromatic carbocycles. The Hall–Kier alpha value is -0.750. The van der Waals surface area contributed by atoms with Crippen LogP contribution < -0.4 is 0 Å². The molecule has 5 nitrogen and oxygen atoms in total. The van der Waals surface area contributed by atoms with Gasteiger partial charge in [-0.2, -0.15) is 11.8 Å². The first-order valence-electron chi connectivity index (χ1n) is 8.72. The van der Waals surface area contributed by atoms with Crippen molar-refractivity contribution in [3.63, 3.8) is 0 Å². The molecule has 0 saturated carbocycles. The molecule has 0 aliphatic carbocycles. The number of methoxy groups -OCH3 is 1. The van der Waals surface area contributed by atoms with Crippen molar-refractivity contribution in [1.82, 2.24) is 9.80 Å². The van der Waals surface area contributed by atoms with Gasteiger partial charge in [-0.05, 0) is 31.4 Å². The lowest BCUT2D eigenvalue weighted by molar-refractivity contribution is -0.142. The molecule has 0 radical (unpaired) electrons. The van der Waals surface area contributed by atoms with E-state index >= 15 is 0 Å². The lowest BCUT2D eigenvalue weighted by atomic mass is 9.73. The molecule has 0 unspecified atom stereocenters. The number of ether oxygens (including phenoxy) is 1. The Bertz CT molecular complexity index is 419. The summed E-state index contributed by atoms with van der Waals surface area (Å²) in [6.45, 7) is 5.85. The number of hydrogen-bond acceptors (Lipinski definition) is 4. The molecule has 132 valence electrons. The smallest absolute Gasteiger partial charge is 0.232 e. The third kappa shape index (κ3) is 5.11. The van der Waals surface area contributed by atoms with E-state index in [0.29, 0.717) is 25.3 Å². The summed E-state index contributed by atoms with van der Waals surface area (Å²) >= 11 is 1.73. The summed E-state index contributed by atoms with van der Waals surface area (Å²) in [5, 5.41) is 0. The van der Waals surface area contributed by atoms with Crippen molar-refractivity contribution in [2.45, 2.75) is 39.0 Å². The molecule has 2 heterocycles. The molecular formula is C17H30N2O3S. The molecule has 2 aliphatic heterocycles. The second-order valence-electron chi connectivity index (χ2n) is 6.78. The summed E-state index contributed by atoms with van der Waals surface area (Å²) in [6.07, 6.45) is 4.81. The van der Waals surface area contributed by atoms with Crippen LogP contribution in [0, 0.1) is 5.41 Å². The number of nitrogens with zero attached hydrogens (tertiary/aromatic N) is 2. The van der Waals surface area contributed by atoms with Crippen LogP contribution in [0.4, 0.5) is 0 Å². The molecule has 0 N–H and O–H groups in total. The lowest BCUT2D eigenvalue weighted by Gasteiger charge is -2.48. The zero-order chi connectivity index (χ0) is 16.7. The van der Waals surface area contributed by atoms with Crippen LogP contribution in [0.25, 0.3) is 0 Å². The minimum Gasteiger partial charge on any atom is -0.383 e. The van der Waals surface area contributed by atoms with Gasteiger partial charge in [0.05, 0.1) is 12.4 Å². The van der Waals surface area contributed by atoms with E-state index in [-0.39, 0.29) is 17.2 Å². The van der Waals surface area contributed by atoms with Gasteiger partial charge >= 0.3 is 0 Å². The molecule has 2 aliphatic rings. The van der Waals surface area contributed by atoms with Crippen LogP contribution >= 0.6 is 11.8 Å². The maximum atomic E-state index is 12.4. The van der Waals surface area contributed by atoms with Gasteiger partial charge in [0.1, 0.15) is 0 Å². The molecule has 2 rings (SSSR count). The lowest BCUT2D eigenvalue weighted by Crippen LogP contribution is -2.55. The van der Waals surface area contributed by atoms with E-state index in [0.717, 1.165) is 51.1 Å². The number of hydrogen-bond donors (Lipinski definition) is 0. The highest BCUT2D eigenvalue weighted by atomic mass is 32.2. The van der Waals surface area contributed by atoms with Gasteiger partial charge in [0.2, 0.25) is 11.8 Å². The highest BCUT2D eigenvalue weighted by molar-refractivity contribution is 7.99. The quantitative estimate of drug-likeness (QED) is 0.664. The Morgan fingerprint density at radius 3 is 2.91 bits per heavy atom. The van der Waals surface area contributed by atoms with Crippen LogP contribution in [0.1, 0.15) is 39.0 Å². The Kier molecular flexibility index (Phi) is 7.21. The molecular weight excluding hydrogens is 312 g/mol. The predicted octanol–water partition coefficient (Wildman–Crippen LogP) is 2.01. The number of piperidine rings is 2. The fraction of sp³-hybridized carbons (Fsp3) is 0.882. The second-order valence-corrected chi connectivity index (χ2v) is 7.88. The summed E-state index contributed by atoms with van der Waals surface area (Å²) in [4.78, 5) is 28.5. The summed E-state index contributed by atoms with van der Waals surface area (Å²) in [7, 11) is 1.67. The monoisotopic (exact) mass is 342 g/mol. The number of amides is 2. The Balaban J connectivity index is 1.92. The molecule has 2 fully saturated rings. The first-order valence-corrected chi connectivity index (χ1v) is 9.88. The van der Waals surface area contributed by atoms with Crippen LogP contribution in [-0.2, 0) is 14.3 Å². The van der Waals surface area contributed by atoms with Gasteiger partial charge in [0.15, 0.2) is 0 Å².